The number of carbonyl (C=O) groups is 1. The standard InChI is InChI=1S/C17H26O2/c1-14(2)13-19-16(18)11-8-12-17(3,4)15-9-6-5-7-10-15/h5-7,9-10,14H,8,11-13H2,1-4H3. The van der Waals surface area contributed by atoms with Gasteiger partial charge in [-0.3, -0.25) is 4.79 Å². The van der Waals surface area contributed by atoms with Gasteiger partial charge in [-0.2, -0.15) is 0 Å². The fourth-order valence-corrected chi connectivity index (χ4v) is 2.04. The van der Waals surface area contributed by atoms with E-state index in [4.69, 9.17) is 4.74 Å². The van der Waals surface area contributed by atoms with Crippen molar-refractivity contribution < 1.29 is 9.53 Å². The Morgan fingerprint density at radius 3 is 2.42 bits per heavy atom. The Kier molecular flexibility index (Phi) is 6.07. The van der Waals surface area contributed by atoms with E-state index in [-0.39, 0.29) is 11.4 Å². The lowest BCUT2D eigenvalue weighted by molar-refractivity contribution is -0.144. The minimum Gasteiger partial charge on any atom is -0.465 e. The van der Waals surface area contributed by atoms with Gasteiger partial charge in [0.2, 0.25) is 0 Å². The molecule has 2 heteroatoms. The number of benzene rings is 1. The Bertz CT molecular complexity index is 380. The second kappa shape index (κ2) is 7.32. The van der Waals surface area contributed by atoms with E-state index >= 15 is 0 Å². The van der Waals surface area contributed by atoms with E-state index in [0.717, 1.165) is 12.8 Å². The van der Waals surface area contributed by atoms with Crippen molar-refractivity contribution in [2.24, 2.45) is 5.92 Å². The smallest absolute Gasteiger partial charge is 0.305 e. The minimum absolute atomic E-state index is 0.0717. The van der Waals surface area contributed by atoms with Crippen molar-refractivity contribution >= 4 is 5.97 Å². The maximum Gasteiger partial charge on any atom is 0.305 e. The predicted molar refractivity (Wildman–Crippen MR) is 79.1 cm³/mol. The van der Waals surface area contributed by atoms with E-state index in [1.54, 1.807) is 0 Å². The van der Waals surface area contributed by atoms with Crippen molar-refractivity contribution in [3.8, 4) is 0 Å². The fraction of sp³-hybridized carbons (Fsp3) is 0.588. The average Bonchev–Trinajstić information content (AvgIpc) is 2.37. The zero-order valence-electron chi connectivity index (χ0n) is 12.6. The number of esters is 1. The Labute approximate surface area is 117 Å². The van der Waals surface area contributed by atoms with E-state index in [2.05, 4.69) is 38.1 Å². The monoisotopic (exact) mass is 262 g/mol. The molecule has 0 aliphatic rings. The van der Waals surface area contributed by atoms with Crippen LogP contribution >= 0.6 is 0 Å². The molecule has 0 saturated carbocycles. The normalized spacial score (nSPS) is 11.6. The van der Waals surface area contributed by atoms with Crippen molar-refractivity contribution in [2.45, 2.75) is 52.4 Å². The minimum atomic E-state index is -0.0717. The van der Waals surface area contributed by atoms with Gasteiger partial charge in [0.05, 0.1) is 6.61 Å². The molecule has 0 aliphatic carbocycles. The third kappa shape index (κ3) is 5.91. The molecule has 0 radical (unpaired) electrons. The Hall–Kier alpha value is -1.31. The summed E-state index contributed by atoms with van der Waals surface area (Å²) in [7, 11) is 0. The van der Waals surface area contributed by atoms with E-state index < -0.39 is 0 Å². The SMILES string of the molecule is CC(C)COC(=O)CCCC(C)(C)c1ccccc1. The summed E-state index contributed by atoms with van der Waals surface area (Å²) in [4.78, 5) is 11.5. The van der Waals surface area contributed by atoms with Crippen LogP contribution in [0.25, 0.3) is 0 Å². The van der Waals surface area contributed by atoms with Gasteiger partial charge in [0.1, 0.15) is 0 Å². The topological polar surface area (TPSA) is 26.3 Å². The summed E-state index contributed by atoms with van der Waals surface area (Å²) in [6, 6.07) is 10.5. The molecule has 1 rings (SSSR count). The molecule has 0 N–H and O–H groups in total. The summed E-state index contributed by atoms with van der Waals surface area (Å²) in [5.74, 6) is 0.335. The Morgan fingerprint density at radius 1 is 1.21 bits per heavy atom. The van der Waals surface area contributed by atoms with Gasteiger partial charge in [0.15, 0.2) is 0 Å². The van der Waals surface area contributed by atoms with Crippen LogP contribution in [-0.4, -0.2) is 12.6 Å². The number of hydrogen-bond donors (Lipinski definition) is 0. The molecule has 0 heterocycles. The fourth-order valence-electron chi connectivity index (χ4n) is 2.04. The molecule has 0 unspecified atom stereocenters. The Balaban J connectivity index is 2.34. The van der Waals surface area contributed by atoms with Gasteiger partial charge < -0.3 is 4.74 Å². The van der Waals surface area contributed by atoms with Crippen LogP contribution in [0.2, 0.25) is 0 Å². The maximum atomic E-state index is 11.5. The first-order valence-corrected chi connectivity index (χ1v) is 7.13. The van der Waals surface area contributed by atoms with Gasteiger partial charge in [0.25, 0.3) is 0 Å². The lowest BCUT2D eigenvalue weighted by Gasteiger charge is -2.25. The highest BCUT2D eigenvalue weighted by Crippen LogP contribution is 2.28. The molecule has 2 nitrogen and oxygen atoms in total. The van der Waals surface area contributed by atoms with Gasteiger partial charge in [0, 0.05) is 6.42 Å². The van der Waals surface area contributed by atoms with Crippen molar-refractivity contribution in [1.82, 2.24) is 0 Å². The lowest BCUT2D eigenvalue weighted by atomic mass is 9.80. The van der Waals surface area contributed by atoms with Crippen LogP contribution in [0.4, 0.5) is 0 Å². The van der Waals surface area contributed by atoms with Crippen molar-refractivity contribution in [3.05, 3.63) is 35.9 Å². The summed E-state index contributed by atoms with van der Waals surface area (Å²) in [6.45, 7) is 9.07. The summed E-state index contributed by atoms with van der Waals surface area (Å²) in [5.41, 5.74) is 1.44. The van der Waals surface area contributed by atoms with Crippen LogP contribution < -0.4 is 0 Å². The second-order valence-electron chi connectivity index (χ2n) is 6.18. The average molecular weight is 262 g/mol. The number of rotatable bonds is 7. The number of hydrogen-bond acceptors (Lipinski definition) is 2. The van der Waals surface area contributed by atoms with E-state index in [9.17, 15) is 4.79 Å². The molecule has 106 valence electrons. The van der Waals surface area contributed by atoms with Gasteiger partial charge in [-0.25, -0.2) is 0 Å². The van der Waals surface area contributed by atoms with Gasteiger partial charge in [-0.15, -0.1) is 0 Å². The highest BCUT2D eigenvalue weighted by atomic mass is 16.5. The van der Waals surface area contributed by atoms with Gasteiger partial charge >= 0.3 is 5.97 Å². The zero-order chi connectivity index (χ0) is 14.3. The third-order valence-corrected chi connectivity index (χ3v) is 3.32. The Morgan fingerprint density at radius 2 is 1.84 bits per heavy atom. The highest BCUT2D eigenvalue weighted by molar-refractivity contribution is 5.69. The maximum absolute atomic E-state index is 11.5. The highest BCUT2D eigenvalue weighted by Gasteiger charge is 2.20. The first-order chi connectivity index (χ1) is 8.92. The largest absolute Gasteiger partial charge is 0.465 e. The zero-order valence-corrected chi connectivity index (χ0v) is 12.6. The third-order valence-electron chi connectivity index (χ3n) is 3.32. The first-order valence-electron chi connectivity index (χ1n) is 7.13. The molecular weight excluding hydrogens is 236 g/mol. The van der Waals surface area contributed by atoms with Crippen LogP contribution in [-0.2, 0) is 14.9 Å². The number of ether oxygens (including phenoxy) is 1. The summed E-state index contributed by atoms with van der Waals surface area (Å²) >= 11 is 0. The molecule has 0 amide bonds. The molecule has 0 aromatic heterocycles. The summed E-state index contributed by atoms with van der Waals surface area (Å²) in [6.07, 6.45) is 2.38. The first kappa shape index (κ1) is 15.7. The molecule has 0 aliphatic heterocycles. The lowest BCUT2D eigenvalue weighted by Crippen LogP contribution is -2.18. The van der Waals surface area contributed by atoms with E-state index in [1.807, 2.05) is 19.9 Å². The molecule has 1 aromatic rings. The van der Waals surface area contributed by atoms with E-state index in [0.29, 0.717) is 18.9 Å². The molecule has 1 aromatic carbocycles. The van der Waals surface area contributed by atoms with E-state index in [1.165, 1.54) is 5.56 Å². The summed E-state index contributed by atoms with van der Waals surface area (Å²) in [5, 5.41) is 0. The predicted octanol–water partition coefficient (Wildman–Crippen LogP) is 4.33. The van der Waals surface area contributed by atoms with Crippen molar-refractivity contribution in [2.75, 3.05) is 6.61 Å². The molecule has 19 heavy (non-hydrogen) atoms. The molecular formula is C17H26O2. The molecule has 0 atom stereocenters. The summed E-state index contributed by atoms with van der Waals surface area (Å²) < 4.78 is 5.18. The van der Waals surface area contributed by atoms with Crippen LogP contribution in [0, 0.1) is 5.92 Å². The van der Waals surface area contributed by atoms with Crippen molar-refractivity contribution in [1.29, 1.82) is 0 Å². The molecule has 0 fully saturated rings. The second-order valence-corrected chi connectivity index (χ2v) is 6.18. The van der Waals surface area contributed by atoms with Crippen LogP contribution in [0.15, 0.2) is 30.3 Å². The quantitative estimate of drug-likeness (QED) is 0.683. The molecule has 0 bridgehead atoms. The molecule has 0 spiro atoms. The van der Waals surface area contributed by atoms with Gasteiger partial charge in [-0.05, 0) is 29.7 Å². The van der Waals surface area contributed by atoms with Crippen LogP contribution in [0.5, 0.6) is 0 Å². The van der Waals surface area contributed by atoms with Crippen LogP contribution in [0.3, 0.4) is 0 Å². The number of carbonyl (C=O) groups excluding carboxylic acids is 1. The molecule has 0 saturated heterocycles. The van der Waals surface area contributed by atoms with Gasteiger partial charge in [-0.1, -0.05) is 58.0 Å². The van der Waals surface area contributed by atoms with Crippen LogP contribution in [0.1, 0.15) is 52.5 Å². The van der Waals surface area contributed by atoms with Crippen molar-refractivity contribution in [3.63, 3.8) is 0 Å².